The number of piperidine rings is 1. The van der Waals surface area contributed by atoms with Crippen LogP contribution < -0.4 is 0 Å². The van der Waals surface area contributed by atoms with Crippen molar-refractivity contribution in [1.29, 1.82) is 0 Å². The zero-order valence-corrected chi connectivity index (χ0v) is 20.4. The van der Waals surface area contributed by atoms with Crippen molar-refractivity contribution in [3.05, 3.63) is 60.2 Å². The van der Waals surface area contributed by atoms with Crippen molar-refractivity contribution in [2.24, 2.45) is 7.05 Å². The molecular formula is C26H32N6O3. The van der Waals surface area contributed by atoms with Gasteiger partial charge < -0.3 is 14.2 Å². The highest BCUT2D eigenvalue weighted by atomic mass is 16.5. The largest absolute Gasteiger partial charge is 0.385 e. The van der Waals surface area contributed by atoms with E-state index in [1.165, 1.54) is 4.90 Å². The third-order valence-electron chi connectivity index (χ3n) is 7.33. The monoisotopic (exact) mass is 476 g/mol. The van der Waals surface area contributed by atoms with E-state index < -0.39 is 5.54 Å². The standard InChI is InChI=1S/C26H32N6O3/c1-29-22-10-4-3-9-21(22)28-23(29)19-30-15-11-26(12-16-30)24(33)31(18-20-8-5-6-13-27-20)25(34)32(26)14-7-17-35-2/h3-6,8-10,13H,7,11-12,14-19H2,1-2H3. The summed E-state index contributed by atoms with van der Waals surface area (Å²) in [7, 11) is 3.70. The number of likely N-dealkylation sites (tertiary alicyclic amines) is 1. The van der Waals surface area contributed by atoms with Crippen molar-refractivity contribution < 1.29 is 14.3 Å². The van der Waals surface area contributed by atoms with Gasteiger partial charge in [0.2, 0.25) is 0 Å². The van der Waals surface area contributed by atoms with Crippen molar-refractivity contribution in [2.75, 3.05) is 33.4 Å². The summed E-state index contributed by atoms with van der Waals surface area (Å²) < 4.78 is 7.35. The van der Waals surface area contributed by atoms with Crippen LogP contribution in [0.1, 0.15) is 30.8 Å². The lowest BCUT2D eigenvalue weighted by molar-refractivity contribution is -0.136. The Kier molecular flexibility index (Phi) is 6.53. The first-order chi connectivity index (χ1) is 17.0. The maximum Gasteiger partial charge on any atom is 0.328 e. The molecule has 184 valence electrons. The van der Waals surface area contributed by atoms with Crippen molar-refractivity contribution in [1.82, 2.24) is 29.2 Å². The number of nitrogens with zero attached hydrogens (tertiary/aromatic N) is 6. The van der Waals surface area contributed by atoms with Gasteiger partial charge in [0.15, 0.2) is 0 Å². The molecule has 0 radical (unpaired) electrons. The van der Waals surface area contributed by atoms with Crippen LogP contribution in [-0.4, -0.2) is 80.1 Å². The molecule has 0 unspecified atom stereocenters. The first-order valence-corrected chi connectivity index (χ1v) is 12.2. The van der Waals surface area contributed by atoms with E-state index in [2.05, 4.69) is 20.5 Å². The predicted molar refractivity (Wildman–Crippen MR) is 131 cm³/mol. The second-order valence-electron chi connectivity index (χ2n) is 9.38. The van der Waals surface area contributed by atoms with Gasteiger partial charge in [-0.25, -0.2) is 9.78 Å². The Morgan fingerprint density at radius 2 is 1.80 bits per heavy atom. The number of ether oxygens (including phenoxy) is 1. The van der Waals surface area contributed by atoms with Crippen LogP contribution >= 0.6 is 0 Å². The number of rotatable bonds is 8. The molecule has 1 aromatic carbocycles. The number of imidazole rings is 1. The highest BCUT2D eigenvalue weighted by Crippen LogP contribution is 2.38. The number of fused-ring (bicyclic) bond motifs is 1. The molecule has 0 atom stereocenters. The van der Waals surface area contributed by atoms with Gasteiger partial charge in [-0.1, -0.05) is 18.2 Å². The van der Waals surface area contributed by atoms with Gasteiger partial charge >= 0.3 is 6.03 Å². The number of aryl methyl sites for hydroxylation is 1. The smallest absolute Gasteiger partial charge is 0.328 e. The lowest BCUT2D eigenvalue weighted by Gasteiger charge is -2.42. The van der Waals surface area contributed by atoms with Crippen molar-refractivity contribution in [2.45, 2.75) is 37.9 Å². The molecule has 1 spiro atoms. The van der Waals surface area contributed by atoms with Crippen molar-refractivity contribution in [3.63, 3.8) is 0 Å². The lowest BCUT2D eigenvalue weighted by atomic mass is 9.85. The predicted octanol–water partition coefficient (Wildman–Crippen LogP) is 2.80. The fraction of sp³-hybridized carbons (Fsp3) is 0.462. The minimum Gasteiger partial charge on any atom is -0.385 e. The Hall–Kier alpha value is -3.30. The maximum atomic E-state index is 13.7. The molecule has 2 aromatic heterocycles. The summed E-state index contributed by atoms with van der Waals surface area (Å²) in [6, 6.07) is 13.5. The van der Waals surface area contributed by atoms with Gasteiger partial charge in [-0.15, -0.1) is 0 Å². The average molecular weight is 477 g/mol. The first-order valence-electron chi connectivity index (χ1n) is 12.2. The summed E-state index contributed by atoms with van der Waals surface area (Å²) in [6.45, 7) is 3.41. The summed E-state index contributed by atoms with van der Waals surface area (Å²) in [5.41, 5.74) is 2.01. The number of amides is 3. The molecular weight excluding hydrogens is 444 g/mol. The average Bonchev–Trinajstić information content (AvgIpc) is 3.29. The molecule has 2 aliphatic heterocycles. The van der Waals surface area contributed by atoms with Crippen LogP contribution in [0.3, 0.4) is 0 Å². The molecule has 3 aromatic rings. The number of hydrogen-bond acceptors (Lipinski definition) is 6. The Morgan fingerprint density at radius 1 is 1.03 bits per heavy atom. The molecule has 0 bridgehead atoms. The number of carbonyl (C=O) groups is 2. The molecule has 2 aliphatic rings. The summed E-state index contributed by atoms with van der Waals surface area (Å²) in [5.74, 6) is 0.901. The van der Waals surface area contributed by atoms with Crippen LogP contribution in [0.4, 0.5) is 4.79 Å². The fourth-order valence-corrected chi connectivity index (χ4v) is 5.35. The van der Waals surface area contributed by atoms with Crippen LogP contribution in [0.15, 0.2) is 48.7 Å². The van der Waals surface area contributed by atoms with E-state index in [4.69, 9.17) is 9.72 Å². The van der Waals surface area contributed by atoms with Crippen LogP contribution in [0, 0.1) is 0 Å². The molecule has 5 rings (SSSR count). The van der Waals surface area contributed by atoms with Crippen molar-refractivity contribution >= 4 is 23.0 Å². The van der Waals surface area contributed by atoms with Gasteiger partial charge in [-0.05, 0) is 43.5 Å². The van der Waals surface area contributed by atoms with Crippen LogP contribution in [0.25, 0.3) is 11.0 Å². The summed E-state index contributed by atoms with van der Waals surface area (Å²) in [4.78, 5) is 41.8. The summed E-state index contributed by atoms with van der Waals surface area (Å²) >= 11 is 0. The maximum absolute atomic E-state index is 13.7. The minimum absolute atomic E-state index is 0.104. The van der Waals surface area contributed by atoms with Gasteiger partial charge in [0, 0.05) is 46.6 Å². The number of benzene rings is 1. The number of urea groups is 1. The molecule has 2 saturated heterocycles. The number of methoxy groups -OCH3 is 1. The van der Waals surface area contributed by atoms with E-state index in [1.54, 1.807) is 18.2 Å². The molecule has 9 heteroatoms. The van der Waals surface area contributed by atoms with E-state index in [9.17, 15) is 9.59 Å². The Bertz CT molecular complexity index is 1200. The molecule has 3 amide bonds. The third kappa shape index (κ3) is 4.30. The van der Waals surface area contributed by atoms with Crippen molar-refractivity contribution in [3.8, 4) is 0 Å². The van der Waals surface area contributed by atoms with Gasteiger partial charge in [0.1, 0.15) is 11.4 Å². The second kappa shape index (κ2) is 9.75. The number of aromatic nitrogens is 3. The Labute approximate surface area is 205 Å². The molecule has 35 heavy (non-hydrogen) atoms. The Balaban J connectivity index is 1.33. The molecule has 9 nitrogen and oxygen atoms in total. The Morgan fingerprint density at radius 3 is 2.51 bits per heavy atom. The van der Waals surface area contributed by atoms with Gasteiger partial charge in [0.25, 0.3) is 5.91 Å². The normalized spacial score (nSPS) is 18.3. The molecule has 2 fully saturated rings. The molecule has 0 N–H and O–H groups in total. The van der Waals surface area contributed by atoms with Crippen LogP contribution in [0.2, 0.25) is 0 Å². The van der Waals surface area contributed by atoms with E-state index in [-0.39, 0.29) is 18.5 Å². The minimum atomic E-state index is -0.803. The number of imide groups is 1. The van der Waals surface area contributed by atoms with Gasteiger partial charge in [-0.2, -0.15) is 0 Å². The van der Waals surface area contributed by atoms with Crippen LogP contribution in [-0.2, 0) is 29.7 Å². The molecule has 0 aliphatic carbocycles. The zero-order chi connectivity index (χ0) is 24.4. The second-order valence-corrected chi connectivity index (χ2v) is 9.38. The SMILES string of the molecule is COCCCN1C(=O)N(Cc2ccccn2)C(=O)C12CCN(Cc1nc3ccccc3n1C)CC2. The number of carbonyl (C=O) groups excluding carboxylic acids is 2. The first kappa shape index (κ1) is 23.4. The number of para-hydroxylation sites is 2. The third-order valence-corrected chi connectivity index (χ3v) is 7.33. The van der Waals surface area contributed by atoms with Crippen LogP contribution in [0.5, 0.6) is 0 Å². The highest BCUT2D eigenvalue weighted by molar-refractivity contribution is 6.07. The molecule has 0 saturated carbocycles. The quantitative estimate of drug-likeness (QED) is 0.367. The summed E-state index contributed by atoms with van der Waals surface area (Å²) in [5, 5.41) is 0. The van der Waals surface area contributed by atoms with E-state index in [0.29, 0.717) is 44.7 Å². The fourth-order valence-electron chi connectivity index (χ4n) is 5.35. The van der Waals surface area contributed by atoms with Gasteiger partial charge in [0.05, 0.1) is 29.8 Å². The van der Waals surface area contributed by atoms with E-state index in [1.807, 2.05) is 43.4 Å². The molecule has 4 heterocycles. The lowest BCUT2D eigenvalue weighted by Crippen LogP contribution is -2.56. The topological polar surface area (TPSA) is 83.8 Å². The van der Waals surface area contributed by atoms with E-state index in [0.717, 1.165) is 29.9 Å². The summed E-state index contributed by atoms with van der Waals surface area (Å²) in [6.07, 6.45) is 3.59. The number of hydrogen-bond donors (Lipinski definition) is 0. The zero-order valence-electron chi connectivity index (χ0n) is 20.4. The van der Waals surface area contributed by atoms with Gasteiger partial charge in [-0.3, -0.25) is 19.6 Å². The van der Waals surface area contributed by atoms with E-state index >= 15 is 0 Å². The highest BCUT2D eigenvalue weighted by Gasteiger charge is 2.57. The number of pyridine rings is 1.